The van der Waals surface area contributed by atoms with E-state index < -0.39 is 0 Å². The molecule has 5 rings (SSSR count). The number of aromatic nitrogens is 4. The second kappa shape index (κ2) is 8.71. The molecule has 2 aliphatic rings. The summed E-state index contributed by atoms with van der Waals surface area (Å²) in [6, 6.07) is 6.44. The zero-order chi connectivity index (χ0) is 20.3. The van der Waals surface area contributed by atoms with Crippen LogP contribution in [0.5, 0.6) is 0 Å². The van der Waals surface area contributed by atoms with Gasteiger partial charge in [0.05, 0.1) is 24.8 Å². The zero-order valence-electron chi connectivity index (χ0n) is 16.8. The number of nitrogens with zero attached hydrogens (tertiary/aromatic N) is 5. The zero-order valence-corrected chi connectivity index (χ0v) is 17.6. The van der Waals surface area contributed by atoms with E-state index in [0.29, 0.717) is 19.3 Å². The number of nitrogens with one attached hydrogen (secondary N) is 1. The van der Waals surface area contributed by atoms with Crippen molar-refractivity contribution in [1.29, 1.82) is 0 Å². The number of amides is 1. The number of piperidine rings is 1. The van der Waals surface area contributed by atoms with Gasteiger partial charge in [-0.1, -0.05) is 0 Å². The number of carbonyl (C=O) groups is 1. The summed E-state index contributed by atoms with van der Waals surface area (Å²) in [5.41, 5.74) is 1.26. The number of hydrogen-bond acceptors (Lipinski definition) is 6. The predicted octanol–water partition coefficient (Wildman–Crippen LogP) is 2.94. The quantitative estimate of drug-likeness (QED) is 0.656. The van der Waals surface area contributed by atoms with Crippen molar-refractivity contribution in [3.63, 3.8) is 0 Å². The molecule has 158 valence electrons. The Balaban J connectivity index is 1.19. The van der Waals surface area contributed by atoms with E-state index in [9.17, 15) is 4.79 Å². The van der Waals surface area contributed by atoms with Gasteiger partial charge in [-0.25, -0.2) is 9.67 Å². The molecule has 1 N–H and O–H groups in total. The average Bonchev–Trinajstić information content (AvgIpc) is 3.55. The Morgan fingerprint density at radius 1 is 1.23 bits per heavy atom. The molecule has 30 heavy (non-hydrogen) atoms. The molecule has 2 saturated heterocycles. The smallest absolute Gasteiger partial charge is 0.231 e. The third kappa shape index (κ3) is 4.05. The Morgan fingerprint density at radius 3 is 2.90 bits per heavy atom. The van der Waals surface area contributed by atoms with Crippen molar-refractivity contribution in [3.05, 3.63) is 47.9 Å². The standard InChI is InChI=1S/C21H26N6O2S/c28-20(16-6-12-29-15-16)24-19-3-7-23-27(19)17-4-10-25(11-5-17)14-18-2-1-9-26(18)21-22-8-13-30-21/h1-3,7-9,13,16-17H,4-6,10-12,14-15H2,(H,24,28). The summed E-state index contributed by atoms with van der Waals surface area (Å²) in [5, 5.41) is 10.6. The Kier molecular flexibility index (Phi) is 5.65. The highest BCUT2D eigenvalue weighted by Crippen LogP contribution is 2.27. The van der Waals surface area contributed by atoms with E-state index in [1.807, 2.05) is 22.3 Å². The molecule has 1 amide bonds. The van der Waals surface area contributed by atoms with Crippen LogP contribution in [-0.2, 0) is 16.1 Å². The van der Waals surface area contributed by atoms with Crippen molar-refractivity contribution < 1.29 is 9.53 Å². The summed E-state index contributed by atoms with van der Waals surface area (Å²) in [6.45, 7) is 4.08. The molecule has 3 aromatic rings. The lowest BCUT2D eigenvalue weighted by Crippen LogP contribution is -2.35. The number of hydrogen-bond donors (Lipinski definition) is 1. The molecular weight excluding hydrogens is 400 g/mol. The van der Waals surface area contributed by atoms with Crippen LogP contribution in [0.15, 0.2) is 42.2 Å². The second-order valence-electron chi connectivity index (χ2n) is 7.90. The number of anilines is 1. The first-order valence-electron chi connectivity index (χ1n) is 10.5. The van der Waals surface area contributed by atoms with Crippen molar-refractivity contribution >= 4 is 23.1 Å². The molecule has 0 saturated carbocycles. The molecule has 0 aliphatic carbocycles. The molecule has 0 aromatic carbocycles. The molecule has 1 atom stereocenters. The highest BCUT2D eigenvalue weighted by atomic mass is 32.1. The van der Waals surface area contributed by atoms with E-state index in [-0.39, 0.29) is 11.8 Å². The molecule has 5 heterocycles. The van der Waals surface area contributed by atoms with Crippen LogP contribution >= 0.6 is 11.3 Å². The molecule has 9 heteroatoms. The topological polar surface area (TPSA) is 77.2 Å². The van der Waals surface area contributed by atoms with Crippen LogP contribution in [0.4, 0.5) is 5.82 Å². The van der Waals surface area contributed by atoms with E-state index in [1.54, 1.807) is 17.5 Å². The van der Waals surface area contributed by atoms with E-state index in [0.717, 1.165) is 49.8 Å². The first kappa shape index (κ1) is 19.5. The monoisotopic (exact) mass is 426 g/mol. The van der Waals surface area contributed by atoms with Crippen LogP contribution in [-0.4, -0.2) is 56.4 Å². The van der Waals surface area contributed by atoms with Gasteiger partial charge < -0.3 is 10.1 Å². The summed E-state index contributed by atoms with van der Waals surface area (Å²) in [5.74, 6) is 0.780. The summed E-state index contributed by atoms with van der Waals surface area (Å²) >= 11 is 1.65. The fourth-order valence-corrected chi connectivity index (χ4v) is 4.95. The highest BCUT2D eigenvalue weighted by Gasteiger charge is 2.27. The lowest BCUT2D eigenvalue weighted by molar-refractivity contribution is -0.119. The minimum Gasteiger partial charge on any atom is -0.381 e. The van der Waals surface area contributed by atoms with Crippen molar-refractivity contribution in [2.75, 3.05) is 31.6 Å². The Morgan fingerprint density at radius 2 is 2.13 bits per heavy atom. The molecule has 8 nitrogen and oxygen atoms in total. The average molecular weight is 427 g/mol. The number of carbonyl (C=O) groups excluding carboxylic acids is 1. The lowest BCUT2D eigenvalue weighted by atomic mass is 10.0. The number of ether oxygens (including phenoxy) is 1. The second-order valence-corrected chi connectivity index (χ2v) is 8.78. The lowest BCUT2D eigenvalue weighted by Gasteiger charge is -2.32. The van der Waals surface area contributed by atoms with E-state index in [1.165, 1.54) is 5.69 Å². The van der Waals surface area contributed by atoms with Gasteiger partial charge in [0.25, 0.3) is 0 Å². The van der Waals surface area contributed by atoms with Crippen molar-refractivity contribution in [2.24, 2.45) is 5.92 Å². The first-order valence-corrected chi connectivity index (χ1v) is 11.4. The minimum atomic E-state index is -0.0516. The van der Waals surface area contributed by atoms with Crippen LogP contribution in [0.2, 0.25) is 0 Å². The molecule has 1 unspecified atom stereocenters. The Labute approximate surface area is 179 Å². The molecule has 0 radical (unpaired) electrons. The molecule has 0 spiro atoms. The summed E-state index contributed by atoms with van der Waals surface area (Å²) in [4.78, 5) is 19.4. The van der Waals surface area contributed by atoms with E-state index in [4.69, 9.17) is 4.74 Å². The maximum atomic E-state index is 12.5. The number of likely N-dealkylation sites (tertiary alicyclic amines) is 1. The maximum Gasteiger partial charge on any atom is 0.231 e. The van der Waals surface area contributed by atoms with Gasteiger partial charge in [0.1, 0.15) is 5.82 Å². The molecule has 2 aliphatic heterocycles. The molecule has 0 bridgehead atoms. The normalized spacial score (nSPS) is 20.6. The molecule has 2 fully saturated rings. The predicted molar refractivity (Wildman–Crippen MR) is 115 cm³/mol. The SMILES string of the molecule is O=C(Nc1ccnn1C1CCN(Cc2cccn2-c2nccs2)CC1)C1CCOC1. The third-order valence-corrected chi connectivity index (χ3v) is 6.74. The highest BCUT2D eigenvalue weighted by molar-refractivity contribution is 7.12. The van der Waals surface area contributed by atoms with Crippen molar-refractivity contribution in [2.45, 2.75) is 31.8 Å². The number of rotatable bonds is 6. The van der Waals surface area contributed by atoms with E-state index in [2.05, 4.69) is 43.2 Å². The van der Waals surface area contributed by atoms with Gasteiger partial charge in [-0.3, -0.25) is 14.3 Å². The fraction of sp³-hybridized carbons (Fsp3) is 0.476. The van der Waals surface area contributed by atoms with Crippen molar-refractivity contribution in [1.82, 2.24) is 24.2 Å². The van der Waals surface area contributed by atoms with Gasteiger partial charge in [-0.15, -0.1) is 11.3 Å². The fourth-order valence-electron chi connectivity index (χ4n) is 4.29. The molecular formula is C21H26N6O2S. The van der Waals surface area contributed by atoms with Crippen LogP contribution < -0.4 is 5.32 Å². The summed E-state index contributed by atoms with van der Waals surface area (Å²) in [7, 11) is 0. The van der Waals surface area contributed by atoms with Gasteiger partial charge in [0, 0.05) is 55.8 Å². The van der Waals surface area contributed by atoms with Gasteiger partial charge in [-0.05, 0) is 31.4 Å². The molecule has 3 aromatic heterocycles. The summed E-state index contributed by atoms with van der Waals surface area (Å²) in [6.07, 6.45) is 8.50. The minimum absolute atomic E-state index is 0.0367. The Bertz CT molecular complexity index is 967. The van der Waals surface area contributed by atoms with Gasteiger partial charge in [0.15, 0.2) is 5.13 Å². The van der Waals surface area contributed by atoms with Gasteiger partial charge in [0.2, 0.25) is 5.91 Å². The number of thiazole rings is 1. The van der Waals surface area contributed by atoms with Crippen LogP contribution in [0.3, 0.4) is 0 Å². The largest absolute Gasteiger partial charge is 0.381 e. The van der Waals surface area contributed by atoms with Gasteiger partial charge >= 0.3 is 0 Å². The third-order valence-electron chi connectivity index (χ3n) is 5.97. The first-order chi connectivity index (χ1) is 14.8. The maximum absolute atomic E-state index is 12.5. The van der Waals surface area contributed by atoms with Crippen LogP contribution in [0.25, 0.3) is 5.13 Å². The van der Waals surface area contributed by atoms with Crippen molar-refractivity contribution in [3.8, 4) is 5.13 Å². The van der Waals surface area contributed by atoms with Crippen LogP contribution in [0.1, 0.15) is 31.0 Å². The van der Waals surface area contributed by atoms with Gasteiger partial charge in [-0.2, -0.15) is 5.10 Å². The van der Waals surface area contributed by atoms with E-state index >= 15 is 0 Å². The summed E-state index contributed by atoms with van der Waals surface area (Å²) < 4.78 is 9.50. The van der Waals surface area contributed by atoms with Crippen LogP contribution in [0, 0.1) is 5.92 Å². The Hall–Kier alpha value is -2.49.